The van der Waals surface area contributed by atoms with E-state index >= 15 is 0 Å². The molecule has 0 aliphatic carbocycles. The molecule has 0 saturated carbocycles. The number of carbonyl (C=O) groups excluding carboxylic acids is 1. The Hall–Kier alpha value is -0.610. The van der Waals surface area contributed by atoms with E-state index in [-0.39, 0.29) is 12.1 Å². The summed E-state index contributed by atoms with van der Waals surface area (Å²) in [5.41, 5.74) is 5.48. The van der Waals surface area contributed by atoms with Gasteiger partial charge in [0.1, 0.15) is 6.61 Å². The molecule has 0 bridgehead atoms. The minimum Gasteiger partial charge on any atom is -0.463 e. The second-order valence-electron chi connectivity index (χ2n) is 4.55. The molecule has 2 N–H and O–H groups in total. The van der Waals surface area contributed by atoms with Gasteiger partial charge < -0.3 is 15.2 Å². The van der Waals surface area contributed by atoms with Crippen molar-refractivity contribution in [3.05, 3.63) is 0 Å². The highest BCUT2D eigenvalue weighted by molar-refractivity contribution is 5.69. The van der Waals surface area contributed by atoms with Gasteiger partial charge >= 0.3 is 5.97 Å². The van der Waals surface area contributed by atoms with E-state index in [0.29, 0.717) is 25.5 Å². The first-order valence-electron chi connectivity index (χ1n) is 6.19. The molecule has 4 nitrogen and oxygen atoms in total. The molecule has 0 spiro atoms. The number of ether oxygens (including phenoxy) is 2. The molecule has 2 unspecified atom stereocenters. The van der Waals surface area contributed by atoms with Gasteiger partial charge in [-0.25, -0.2) is 0 Å². The van der Waals surface area contributed by atoms with Crippen LogP contribution in [0.2, 0.25) is 0 Å². The van der Waals surface area contributed by atoms with Crippen LogP contribution in [0.25, 0.3) is 0 Å². The van der Waals surface area contributed by atoms with Crippen molar-refractivity contribution in [1.29, 1.82) is 0 Å². The van der Waals surface area contributed by atoms with Crippen LogP contribution in [0, 0.1) is 5.92 Å². The van der Waals surface area contributed by atoms with Crippen LogP contribution in [0.1, 0.15) is 39.0 Å². The second kappa shape index (κ2) is 7.63. The largest absolute Gasteiger partial charge is 0.463 e. The van der Waals surface area contributed by atoms with Crippen LogP contribution in [-0.2, 0) is 14.3 Å². The molecule has 1 fully saturated rings. The van der Waals surface area contributed by atoms with Crippen molar-refractivity contribution in [3.63, 3.8) is 0 Å². The molecule has 1 saturated heterocycles. The minimum atomic E-state index is -0.130. The molecule has 1 heterocycles. The highest BCUT2D eigenvalue weighted by Gasteiger charge is 2.16. The first-order chi connectivity index (χ1) is 7.72. The Labute approximate surface area is 97.5 Å². The maximum absolute atomic E-state index is 11.4. The molecule has 0 aromatic heterocycles. The SMILES string of the molecule is CC(CN)CCC(=O)OCC1CCCCO1. The maximum Gasteiger partial charge on any atom is 0.305 e. The Bertz CT molecular complexity index is 202. The molecular formula is C12H23NO3. The third kappa shape index (κ3) is 5.47. The van der Waals surface area contributed by atoms with E-state index in [1.54, 1.807) is 0 Å². The van der Waals surface area contributed by atoms with Crippen LogP contribution in [0.4, 0.5) is 0 Å². The number of hydrogen-bond acceptors (Lipinski definition) is 4. The summed E-state index contributed by atoms with van der Waals surface area (Å²) in [5, 5.41) is 0. The number of esters is 1. The van der Waals surface area contributed by atoms with Gasteiger partial charge in [-0.1, -0.05) is 6.92 Å². The molecule has 0 amide bonds. The zero-order valence-electron chi connectivity index (χ0n) is 10.1. The smallest absolute Gasteiger partial charge is 0.305 e. The fourth-order valence-electron chi connectivity index (χ4n) is 1.68. The van der Waals surface area contributed by atoms with E-state index in [0.717, 1.165) is 25.9 Å². The Morgan fingerprint density at radius 1 is 1.56 bits per heavy atom. The third-order valence-electron chi connectivity index (χ3n) is 2.95. The molecule has 0 aromatic carbocycles. The highest BCUT2D eigenvalue weighted by atomic mass is 16.6. The zero-order valence-corrected chi connectivity index (χ0v) is 10.1. The maximum atomic E-state index is 11.4. The fraction of sp³-hybridized carbons (Fsp3) is 0.917. The topological polar surface area (TPSA) is 61.6 Å². The molecule has 94 valence electrons. The number of carbonyl (C=O) groups is 1. The van der Waals surface area contributed by atoms with Crippen LogP contribution in [0.5, 0.6) is 0 Å². The molecule has 1 rings (SSSR count). The van der Waals surface area contributed by atoms with Gasteiger partial charge in [0.05, 0.1) is 6.10 Å². The number of rotatable bonds is 6. The number of hydrogen-bond donors (Lipinski definition) is 1. The van der Waals surface area contributed by atoms with Gasteiger partial charge in [0.15, 0.2) is 0 Å². The van der Waals surface area contributed by atoms with Crippen LogP contribution in [0.3, 0.4) is 0 Å². The van der Waals surface area contributed by atoms with E-state index < -0.39 is 0 Å². The summed E-state index contributed by atoms with van der Waals surface area (Å²) < 4.78 is 10.6. The lowest BCUT2D eigenvalue weighted by molar-refractivity contribution is -0.149. The zero-order chi connectivity index (χ0) is 11.8. The lowest BCUT2D eigenvalue weighted by atomic mass is 10.1. The van der Waals surface area contributed by atoms with E-state index in [1.807, 2.05) is 6.92 Å². The summed E-state index contributed by atoms with van der Waals surface area (Å²) in [7, 11) is 0. The average Bonchev–Trinajstić information content (AvgIpc) is 2.34. The van der Waals surface area contributed by atoms with Crippen molar-refractivity contribution in [3.8, 4) is 0 Å². The van der Waals surface area contributed by atoms with Gasteiger partial charge in [0, 0.05) is 13.0 Å². The van der Waals surface area contributed by atoms with E-state index in [1.165, 1.54) is 6.42 Å². The van der Waals surface area contributed by atoms with Gasteiger partial charge in [-0.15, -0.1) is 0 Å². The van der Waals surface area contributed by atoms with Crippen LogP contribution >= 0.6 is 0 Å². The Morgan fingerprint density at radius 3 is 3.00 bits per heavy atom. The van der Waals surface area contributed by atoms with Crippen molar-refractivity contribution in [2.24, 2.45) is 11.7 Å². The summed E-state index contributed by atoms with van der Waals surface area (Å²) >= 11 is 0. The van der Waals surface area contributed by atoms with Crippen LogP contribution in [-0.4, -0.2) is 31.8 Å². The Balaban J connectivity index is 2.05. The normalized spacial score (nSPS) is 22.8. The van der Waals surface area contributed by atoms with Gasteiger partial charge in [0.2, 0.25) is 0 Å². The third-order valence-corrected chi connectivity index (χ3v) is 2.95. The fourth-order valence-corrected chi connectivity index (χ4v) is 1.68. The van der Waals surface area contributed by atoms with E-state index in [2.05, 4.69) is 0 Å². The molecular weight excluding hydrogens is 206 g/mol. The van der Waals surface area contributed by atoms with Crippen molar-refractivity contribution < 1.29 is 14.3 Å². The minimum absolute atomic E-state index is 0.115. The van der Waals surface area contributed by atoms with E-state index in [4.69, 9.17) is 15.2 Å². The molecule has 1 aliphatic heterocycles. The summed E-state index contributed by atoms with van der Waals surface area (Å²) in [6.07, 6.45) is 4.69. The van der Waals surface area contributed by atoms with Gasteiger partial charge in [-0.2, -0.15) is 0 Å². The monoisotopic (exact) mass is 229 g/mol. The first kappa shape index (κ1) is 13.5. The lowest BCUT2D eigenvalue weighted by Gasteiger charge is -2.22. The van der Waals surface area contributed by atoms with Crippen molar-refractivity contribution in [2.75, 3.05) is 19.8 Å². The molecule has 4 heteroatoms. The Morgan fingerprint density at radius 2 is 2.38 bits per heavy atom. The lowest BCUT2D eigenvalue weighted by Crippen LogP contribution is -2.26. The summed E-state index contributed by atoms with van der Waals surface area (Å²) in [5.74, 6) is 0.257. The summed E-state index contributed by atoms with van der Waals surface area (Å²) in [6.45, 7) is 3.87. The molecule has 0 radical (unpaired) electrons. The predicted octanol–water partition coefficient (Wildman–Crippen LogP) is 1.47. The average molecular weight is 229 g/mol. The molecule has 2 atom stereocenters. The van der Waals surface area contributed by atoms with Crippen LogP contribution in [0.15, 0.2) is 0 Å². The van der Waals surface area contributed by atoms with E-state index in [9.17, 15) is 4.79 Å². The van der Waals surface area contributed by atoms with Gasteiger partial charge in [0.25, 0.3) is 0 Å². The second-order valence-corrected chi connectivity index (χ2v) is 4.55. The molecule has 16 heavy (non-hydrogen) atoms. The standard InChI is InChI=1S/C12H23NO3/c1-10(8-13)5-6-12(14)16-9-11-4-2-3-7-15-11/h10-11H,2-9,13H2,1H3. The van der Waals surface area contributed by atoms with Crippen molar-refractivity contribution in [2.45, 2.75) is 45.1 Å². The van der Waals surface area contributed by atoms with Crippen molar-refractivity contribution >= 4 is 5.97 Å². The molecule has 1 aliphatic rings. The summed E-state index contributed by atoms with van der Waals surface area (Å²) in [4.78, 5) is 11.4. The molecule has 0 aromatic rings. The van der Waals surface area contributed by atoms with Crippen molar-refractivity contribution in [1.82, 2.24) is 0 Å². The number of nitrogens with two attached hydrogens (primary N) is 1. The first-order valence-corrected chi connectivity index (χ1v) is 6.19. The summed E-state index contributed by atoms with van der Waals surface area (Å²) in [6, 6.07) is 0. The quantitative estimate of drug-likeness (QED) is 0.701. The highest BCUT2D eigenvalue weighted by Crippen LogP contribution is 2.13. The van der Waals surface area contributed by atoms with Crippen LogP contribution < -0.4 is 5.73 Å². The van der Waals surface area contributed by atoms with Gasteiger partial charge in [-0.3, -0.25) is 4.79 Å². The Kier molecular flexibility index (Phi) is 6.42. The predicted molar refractivity (Wildman–Crippen MR) is 62.0 cm³/mol. The van der Waals surface area contributed by atoms with Gasteiger partial charge in [-0.05, 0) is 38.1 Å².